The minimum atomic E-state index is -3.83. The lowest BCUT2D eigenvalue weighted by molar-refractivity contribution is 0.0741. The second-order valence-corrected chi connectivity index (χ2v) is 10.7. The molecule has 1 aliphatic rings. The maximum atomic E-state index is 13.3. The predicted octanol–water partition coefficient (Wildman–Crippen LogP) is 4.15. The highest BCUT2D eigenvalue weighted by Gasteiger charge is 2.28. The van der Waals surface area contributed by atoms with Crippen LogP contribution in [0.3, 0.4) is 0 Å². The molecule has 1 aliphatic heterocycles. The molecule has 1 fully saturated rings. The van der Waals surface area contributed by atoms with Crippen molar-refractivity contribution in [2.24, 2.45) is 0 Å². The number of sulfone groups is 1. The Morgan fingerprint density at radius 2 is 1.89 bits per heavy atom. The third-order valence-corrected chi connectivity index (χ3v) is 7.78. The molecule has 0 radical (unpaired) electrons. The Bertz CT molecular complexity index is 1260. The van der Waals surface area contributed by atoms with Crippen molar-refractivity contribution in [1.29, 1.82) is 0 Å². The van der Waals surface area contributed by atoms with Gasteiger partial charge in [0.05, 0.1) is 36.8 Å². The van der Waals surface area contributed by atoms with Gasteiger partial charge >= 0.3 is 0 Å². The molecule has 186 valence electrons. The number of imidazole rings is 1. The van der Waals surface area contributed by atoms with E-state index in [4.69, 9.17) is 4.74 Å². The van der Waals surface area contributed by atoms with Gasteiger partial charge in [-0.2, -0.15) is 0 Å². The van der Waals surface area contributed by atoms with Gasteiger partial charge in [-0.1, -0.05) is 29.8 Å². The first-order valence-electron chi connectivity index (χ1n) is 11.8. The van der Waals surface area contributed by atoms with E-state index < -0.39 is 15.7 Å². The van der Waals surface area contributed by atoms with Crippen LogP contribution in [0, 0.1) is 12.7 Å². The molecule has 0 aliphatic carbocycles. The van der Waals surface area contributed by atoms with Gasteiger partial charge in [-0.15, -0.1) is 0 Å². The van der Waals surface area contributed by atoms with Crippen LogP contribution in [0.4, 0.5) is 4.39 Å². The van der Waals surface area contributed by atoms with Crippen LogP contribution in [0.2, 0.25) is 0 Å². The summed E-state index contributed by atoms with van der Waals surface area (Å²) >= 11 is 0. The van der Waals surface area contributed by atoms with E-state index in [0.717, 1.165) is 18.4 Å². The van der Waals surface area contributed by atoms with E-state index in [1.54, 1.807) is 21.6 Å². The van der Waals surface area contributed by atoms with Crippen molar-refractivity contribution in [3.63, 3.8) is 0 Å². The van der Waals surface area contributed by atoms with E-state index in [-0.39, 0.29) is 29.5 Å². The summed E-state index contributed by atoms with van der Waals surface area (Å²) < 4.78 is 47.4. The number of hydrogen-bond acceptors (Lipinski definition) is 5. The van der Waals surface area contributed by atoms with Crippen LogP contribution in [-0.2, 0) is 33.4 Å². The fourth-order valence-electron chi connectivity index (χ4n) is 4.22. The number of aryl methyl sites for hydroxylation is 1. The molecule has 0 spiro atoms. The first-order valence-corrected chi connectivity index (χ1v) is 13.4. The summed E-state index contributed by atoms with van der Waals surface area (Å²) in [6.45, 7) is 5.50. The number of aromatic nitrogens is 2. The van der Waals surface area contributed by atoms with Crippen LogP contribution in [-0.4, -0.2) is 48.0 Å². The molecule has 1 atom stereocenters. The van der Waals surface area contributed by atoms with Gasteiger partial charge in [-0.25, -0.2) is 17.8 Å². The Labute approximate surface area is 205 Å². The minimum Gasteiger partial charge on any atom is -0.376 e. The van der Waals surface area contributed by atoms with Gasteiger partial charge in [-0.05, 0) is 56.5 Å². The number of halogens is 1. The minimum absolute atomic E-state index is 0.0637. The topological polar surface area (TPSA) is 81.5 Å². The van der Waals surface area contributed by atoms with Crippen molar-refractivity contribution in [3.8, 4) is 0 Å². The average Bonchev–Trinajstić information content (AvgIpc) is 3.50. The molecule has 9 heteroatoms. The lowest BCUT2D eigenvalue weighted by Gasteiger charge is -2.23. The van der Waals surface area contributed by atoms with Crippen molar-refractivity contribution in [1.82, 2.24) is 14.5 Å². The van der Waals surface area contributed by atoms with Crippen molar-refractivity contribution in [2.45, 2.75) is 56.8 Å². The number of nitrogens with zero attached hydrogens (tertiary/aromatic N) is 3. The number of carbonyl (C=O) groups is 1. The molecule has 2 heterocycles. The Hall–Kier alpha value is -3.04. The standard InChI is InChI=1S/C26H30FN3O4S/c1-3-29(25(31)21-10-6-19(2)7-11-21)16-23-15-28-26(30(23)17-24-5-4-14-34-24)35(32,33)18-20-8-12-22(27)13-9-20/h6-13,15,24H,3-5,14,16-18H2,1-2H3/t24-/m0/s1. The van der Waals surface area contributed by atoms with Crippen LogP contribution in [0.15, 0.2) is 59.9 Å². The van der Waals surface area contributed by atoms with E-state index in [2.05, 4.69) is 4.98 Å². The Balaban J connectivity index is 1.64. The highest BCUT2D eigenvalue weighted by molar-refractivity contribution is 7.90. The fraction of sp³-hybridized carbons (Fsp3) is 0.385. The third-order valence-electron chi connectivity index (χ3n) is 6.18. The third kappa shape index (κ3) is 5.97. The van der Waals surface area contributed by atoms with Crippen molar-refractivity contribution < 1.29 is 22.3 Å². The summed E-state index contributed by atoms with van der Waals surface area (Å²) in [6.07, 6.45) is 3.15. The Morgan fingerprint density at radius 3 is 2.51 bits per heavy atom. The van der Waals surface area contributed by atoms with Crippen LogP contribution in [0.25, 0.3) is 0 Å². The lowest BCUT2D eigenvalue weighted by Crippen LogP contribution is -2.32. The van der Waals surface area contributed by atoms with Crippen LogP contribution in [0.1, 0.15) is 46.9 Å². The van der Waals surface area contributed by atoms with Crippen molar-refractivity contribution in [2.75, 3.05) is 13.2 Å². The van der Waals surface area contributed by atoms with Gasteiger partial charge < -0.3 is 14.2 Å². The smallest absolute Gasteiger partial charge is 0.254 e. The summed E-state index contributed by atoms with van der Waals surface area (Å²) in [6, 6.07) is 12.8. The Morgan fingerprint density at radius 1 is 1.17 bits per heavy atom. The highest BCUT2D eigenvalue weighted by Crippen LogP contribution is 2.23. The first-order chi connectivity index (χ1) is 16.8. The summed E-state index contributed by atoms with van der Waals surface area (Å²) in [5.74, 6) is -0.853. The molecule has 0 unspecified atom stereocenters. The SMILES string of the molecule is CCN(Cc1cnc(S(=O)(=O)Cc2ccc(F)cc2)n1C[C@@H]1CCCO1)C(=O)c1ccc(C)cc1. The first kappa shape index (κ1) is 25.1. The van der Waals surface area contributed by atoms with Gasteiger partial charge in [0.15, 0.2) is 0 Å². The van der Waals surface area contributed by atoms with Crippen molar-refractivity contribution >= 4 is 15.7 Å². The van der Waals surface area contributed by atoms with Gasteiger partial charge in [0.1, 0.15) is 5.82 Å². The zero-order chi connectivity index (χ0) is 25.0. The molecular weight excluding hydrogens is 469 g/mol. The van der Waals surface area contributed by atoms with Crippen LogP contribution in [0.5, 0.6) is 0 Å². The zero-order valence-corrected chi connectivity index (χ0v) is 20.8. The second-order valence-electron chi connectivity index (χ2n) is 8.85. The van der Waals surface area contributed by atoms with E-state index in [0.29, 0.717) is 36.5 Å². The van der Waals surface area contributed by atoms with E-state index in [1.165, 1.54) is 30.5 Å². The van der Waals surface area contributed by atoms with E-state index >= 15 is 0 Å². The van der Waals surface area contributed by atoms with Crippen LogP contribution >= 0.6 is 0 Å². The van der Waals surface area contributed by atoms with Crippen molar-refractivity contribution in [3.05, 3.63) is 82.9 Å². The maximum Gasteiger partial charge on any atom is 0.254 e. The summed E-state index contributed by atoms with van der Waals surface area (Å²) in [5, 5.41) is -0.0637. The average molecular weight is 500 g/mol. The number of ether oxygens (including phenoxy) is 1. The molecule has 1 amide bonds. The monoisotopic (exact) mass is 499 g/mol. The fourth-order valence-corrected chi connectivity index (χ4v) is 5.72. The normalized spacial score (nSPS) is 15.9. The quantitative estimate of drug-likeness (QED) is 0.442. The molecular formula is C26H30FN3O4S. The predicted molar refractivity (Wildman–Crippen MR) is 130 cm³/mol. The zero-order valence-electron chi connectivity index (χ0n) is 20.0. The highest BCUT2D eigenvalue weighted by atomic mass is 32.2. The summed E-state index contributed by atoms with van der Waals surface area (Å²) in [4.78, 5) is 19.1. The number of benzene rings is 2. The molecule has 1 aromatic heterocycles. The second kappa shape index (κ2) is 10.7. The molecule has 0 bridgehead atoms. The van der Waals surface area contributed by atoms with Crippen LogP contribution < -0.4 is 0 Å². The molecule has 3 aromatic rings. The molecule has 0 saturated carbocycles. The molecule has 4 rings (SSSR count). The molecule has 2 aromatic carbocycles. The largest absolute Gasteiger partial charge is 0.376 e. The van der Waals surface area contributed by atoms with E-state index in [1.807, 2.05) is 26.0 Å². The number of hydrogen-bond donors (Lipinski definition) is 0. The lowest BCUT2D eigenvalue weighted by atomic mass is 10.1. The molecule has 1 saturated heterocycles. The summed E-state index contributed by atoms with van der Waals surface area (Å²) in [5.41, 5.74) is 2.74. The van der Waals surface area contributed by atoms with E-state index in [9.17, 15) is 17.6 Å². The Kier molecular flexibility index (Phi) is 7.66. The maximum absolute atomic E-state index is 13.3. The number of rotatable bonds is 9. The van der Waals surface area contributed by atoms with Gasteiger partial charge in [0, 0.05) is 18.7 Å². The van der Waals surface area contributed by atoms with Gasteiger partial charge in [0.25, 0.3) is 5.91 Å². The molecule has 0 N–H and O–H groups in total. The number of amides is 1. The van der Waals surface area contributed by atoms with Gasteiger partial charge in [0.2, 0.25) is 15.0 Å². The number of carbonyl (C=O) groups excluding carboxylic acids is 1. The summed E-state index contributed by atoms with van der Waals surface area (Å²) in [7, 11) is -3.83. The molecule has 35 heavy (non-hydrogen) atoms. The molecule has 7 nitrogen and oxygen atoms in total. The van der Waals surface area contributed by atoms with Gasteiger partial charge in [-0.3, -0.25) is 4.79 Å².